The van der Waals surface area contributed by atoms with Gasteiger partial charge in [0.2, 0.25) is 9.84 Å². The number of alkyl halides is 6. The third-order valence-corrected chi connectivity index (χ3v) is 10.7. The molecule has 4 aliphatic rings. The fourth-order valence-electron chi connectivity index (χ4n) is 5.78. The molecule has 3 atom stereocenters. The molecule has 4 bridgehead atoms. The van der Waals surface area contributed by atoms with Gasteiger partial charge in [0.05, 0.1) is 10.7 Å². The Morgan fingerprint density at radius 2 is 1.48 bits per heavy atom. The Morgan fingerprint density at radius 3 is 1.91 bits per heavy atom. The van der Waals surface area contributed by atoms with E-state index in [1.807, 2.05) is 0 Å². The third kappa shape index (κ3) is 3.58. The summed E-state index contributed by atoms with van der Waals surface area (Å²) in [6.45, 7) is 3.21. The first-order valence-corrected chi connectivity index (χ1v) is 13.2. The van der Waals surface area contributed by atoms with Gasteiger partial charge in [-0.05, 0) is 50.4 Å². The minimum atomic E-state index is -7.10. The molecule has 4 aliphatic carbocycles. The van der Waals surface area contributed by atoms with Gasteiger partial charge < -0.3 is 4.74 Å². The molecule has 33 heavy (non-hydrogen) atoms. The van der Waals surface area contributed by atoms with Gasteiger partial charge in [0.1, 0.15) is 5.60 Å². The van der Waals surface area contributed by atoms with E-state index in [2.05, 4.69) is 0 Å². The van der Waals surface area contributed by atoms with Crippen LogP contribution in [0, 0.1) is 17.8 Å². The van der Waals surface area contributed by atoms with Crippen molar-refractivity contribution in [3.05, 3.63) is 0 Å². The average molecular weight is 531 g/mol. The number of esters is 1. The van der Waals surface area contributed by atoms with Crippen molar-refractivity contribution in [2.45, 2.75) is 85.6 Å². The molecular formula is C18H24F6O7S2. The van der Waals surface area contributed by atoms with Crippen molar-refractivity contribution < 1.29 is 57.3 Å². The van der Waals surface area contributed by atoms with Gasteiger partial charge in [-0.25, -0.2) is 8.42 Å². The standard InChI is InChI=1S/C18H24F6O7S2/c1-3-10(2)13(25)31-14-5-11-4-12(6-14)8-15(7-11,9-14)32(26,27)17(21,22)16(19,20)18(23,24)33(28,29)30/h10-12H,3-9H2,1-2H3,(H,28,29,30). The van der Waals surface area contributed by atoms with E-state index < -0.39 is 89.7 Å². The molecule has 0 heterocycles. The molecule has 0 saturated heterocycles. The highest BCUT2D eigenvalue weighted by atomic mass is 32.2. The smallest absolute Gasteiger partial charge is 0.439 e. The van der Waals surface area contributed by atoms with Crippen molar-refractivity contribution in [2.75, 3.05) is 0 Å². The van der Waals surface area contributed by atoms with Crippen LogP contribution in [0.25, 0.3) is 0 Å². The number of ether oxygens (including phenoxy) is 1. The summed E-state index contributed by atoms with van der Waals surface area (Å²) in [5.41, 5.74) is -1.53. The SMILES string of the molecule is CCC(C)C(=O)OC12CC3CC(C1)CC(S(=O)(=O)C(F)(F)C(F)(F)C(F)(F)S(=O)(=O)O)(C3)C2. The van der Waals surface area contributed by atoms with Crippen LogP contribution in [0.4, 0.5) is 26.3 Å². The second-order valence-electron chi connectivity index (χ2n) is 9.64. The number of halogens is 6. The fraction of sp³-hybridized carbons (Fsp3) is 0.944. The molecule has 4 rings (SSSR count). The maximum atomic E-state index is 14.8. The maximum Gasteiger partial charge on any atom is 0.439 e. The Hall–Kier alpha value is -1.09. The molecule has 0 aromatic carbocycles. The van der Waals surface area contributed by atoms with E-state index >= 15 is 0 Å². The lowest BCUT2D eigenvalue weighted by Crippen LogP contribution is -2.69. The number of hydrogen-bond donors (Lipinski definition) is 1. The second-order valence-corrected chi connectivity index (χ2v) is 13.5. The zero-order chi connectivity index (χ0) is 25.5. The minimum Gasteiger partial charge on any atom is -0.459 e. The highest BCUT2D eigenvalue weighted by Crippen LogP contribution is 2.65. The first-order chi connectivity index (χ1) is 14.7. The molecule has 3 unspecified atom stereocenters. The average Bonchev–Trinajstić information content (AvgIpc) is 2.64. The lowest BCUT2D eigenvalue weighted by Gasteiger charge is -2.60. The lowest BCUT2D eigenvalue weighted by atomic mass is 9.53. The van der Waals surface area contributed by atoms with Crippen LogP contribution < -0.4 is 0 Å². The van der Waals surface area contributed by atoms with Crippen LogP contribution in [-0.4, -0.2) is 54.1 Å². The number of hydrogen-bond acceptors (Lipinski definition) is 6. The van der Waals surface area contributed by atoms with Crippen LogP contribution in [0.1, 0.15) is 58.8 Å². The first kappa shape index (κ1) is 26.5. The number of rotatable bonds is 8. The second kappa shape index (κ2) is 7.45. The predicted octanol–water partition coefficient (Wildman–Crippen LogP) is 3.79. The Labute approximate surface area is 186 Å². The van der Waals surface area contributed by atoms with Gasteiger partial charge >= 0.3 is 32.5 Å². The van der Waals surface area contributed by atoms with Gasteiger partial charge in [-0.2, -0.15) is 34.8 Å². The summed E-state index contributed by atoms with van der Waals surface area (Å²) in [5.74, 6) is -9.50. The zero-order valence-corrected chi connectivity index (χ0v) is 19.3. The molecule has 15 heteroatoms. The Morgan fingerprint density at radius 1 is 1.00 bits per heavy atom. The predicted molar refractivity (Wildman–Crippen MR) is 101 cm³/mol. The van der Waals surface area contributed by atoms with Crippen LogP contribution in [0.15, 0.2) is 0 Å². The molecule has 0 aliphatic heterocycles. The molecule has 0 aromatic rings. The van der Waals surface area contributed by atoms with E-state index in [4.69, 9.17) is 9.29 Å². The molecule has 0 aromatic heterocycles. The zero-order valence-electron chi connectivity index (χ0n) is 17.7. The highest BCUT2D eigenvalue weighted by Gasteiger charge is 2.84. The molecule has 4 saturated carbocycles. The van der Waals surface area contributed by atoms with Crippen LogP contribution >= 0.6 is 0 Å². The molecular weight excluding hydrogens is 506 g/mol. The van der Waals surface area contributed by atoms with Crippen LogP contribution in [0.2, 0.25) is 0 Å². The quantitative estimate of drug-likeness (QED) is 0.289. The normalized spacial score (nSPS) is 33.7. The summed E-state index contributed by atoms with van der Waals surface area (Å²) in [6.07, 6.45) is -0.919. The van der Waals surface area contributed by atoms with E-state index in [1.165, 1.54) is 6.92 Å². The van der Waals surface area contributed by atoms with Gasteiger partial charge in [-0.15, -0.1) is 0 Å². The molecule has 0 spiro atoms. The Kier molecular flexibility index (Phi) is 5.99. The molecule has 0 amide bonds. The Balaban J connectivity index is 2.07. The van der Waals surface area contributed by atoms with Crippen LogP contribution in [0.5, 0.6) is 0 Å². The van der Waals surface area contributed by atoms with Crippen molar-refractivity contribution in [3.63, 3.8) is 0 Å². The first-order valence-electron chi connectivity index (χ1n) is 10.3. The van der Waals surface area contributed by atoms with Crippen molar-refractivity contribution in [1.82, 2.24) is 0 Å². The molecule has 4 fully saturated rings. The van der Waals surface area contributed by atoms with Gasteiger partial charge in [0, 0.05) is 6.42 Å². The number of sulfone groups is 1. The van der Waals surface area contributed by atoms with Gasteiger partial charge in [-0.3, -0.25) is 9.35 Å². The largest absolute Gasteiger partial charge is 0.459 e. The summed E-state index contributed by atoms with van der Waals surface area (Å²) < 4.78 is 144. The van der Waals surface area contributed by atoms with Crippen molar-refractivity contribution in [3.8, 4) is 0 Å². The number of carbonyl (C=O) groups is 1. The van der Waals surface area contributed by atoms with Crippen LogP contribution in [0.3, 0.4) is 0 Å². The summed E-state index contributed by atoms with van der Waals surface area (Å²) in [6, 6.07) is 0. The van der Waals surface area contributed by atoms with Crippen molar-refractivity contribution >= 4 is 25.9 Å². The van der Waals surface area contributed by atoms with Gasteiger partial charge in [0.25, 0.3) is 0 Å². The molecule has 192 valence electrons. The fourth-order valence-corrected chi connectivity index (χ4v) is 8.67. The van der Waals surface area contributed by atoms with E-state index in [0.29, 0.717) is 12.8 Å². The highest BCUT2D eigenvalue weighted by molar-refractivity contribution is 7.94. The summed E-state index contributed by atoms with van der Waals surface area (Å²) >= 11 is 0. The third-order valence-electron chi connectivity index (χ3n) is 7.25. The summed E-state index contributed by atoms with van der Waals surface area (Å²) in [4.78, 5) is 12.4. The van der Waals surface area contributed by atoms with E-state index in [9.17, 15) is 48.0 Å². The van der Waals surface area contributed by atoms with E-state index in [1.54, 1.807) is 6.92 Å². The van der Waals surface area contributed by atoms with Crippen molar-refractivity contribution in [1.29, 1.82) is 0 Å². The summed E-state index contributed by atoms with van der Waals surface area (Å²) in [7, 11) is -13.6. The Bertz CT molecular complexity index is 1030. The number of carbonyl (C=O) groups excluding carboxylic acids is 1. The van der Waals surface area contributed by atoms with Gasteiger partial charge in [-0.1, -0.05) is 13.8 Å². The maximum absolute atomic E-state index is 14.8. The van der Waals surface area contributed by atoms with Gasteiger partial charge in [0.15, 0.2) is 0 Å². The van der Waals surface area contributed by atoms with Crippen LogP contribution in [-0.2, 0) is 29.5 Å². The minimum absolute atomic E-state index is 0.117. The van der Waals surface area contributed by atoms with E-state index in [0.717, 1.165) is 0 Å². The summed E-state index contributed by atoms with van der Waals surface area (Å²) in [5, 5.41) is -13.3. The molecule has 1 N–H and O–H groups in total. The van der Waals surface area contributed by atoms with Crippen molar-refractivity contribution in [2.24, 2.45) is 17.8 Å². The lowest BCUT2D eigenvalue weighted by molar-refractivity contribution is -0.247. The van der Waals surface area contributed by atoms with E-state index in [-0.39, 0.29) is 12.8 Å². The molecule has 0 radical (unpaired) electrons. The molecule has 7 nitrogen and oxygen atoms in total. The monoisotopic (exact) mass is 530 g/mol. The topological polar surface area (TPSA) is 115 Å².